The van der Waals surface area contributed by atoms with Gasteiger partial charge in [0.15, 0.2) is 5.78 Å². The van der Waals surface area contributed by atoms with Crippen LogP contribution in [0.5, 0.6) is 0 Å². The number of alkyl carbamates (subject to hydrolysis) is 1. The van der Waals surface area contributed by atoms with E-state index in [1.165, 1.54) is 0 Å². The average Bonchev–Trinajstić information content (AvgIpc) is 3.45. The smallest absolute Gasteiger partial charge is 0.408 e. The number of benzene rings is 2. The Kier molecular flexibility index (Phi) is 7.54. The van der Waals surface area contributed by atoms with E-state index in [1.54, 1.807) is 63.4 Å². The molecule has 0 spiro atoms. The van der Waals surface area contributed by atoms with Gasteiger partial charge in [0.1, 0.15) is 5.60 Å². The number of anilines is 2. The van der Waals surface area contributed by atoms with E-state index in [4.69, 9.17) is 16.2 Å². The Labute approximate surface area is 225 Å². The van der Waals surface area contributed by atoms with Crippen molar-refractivity contribution in [2.75, 3.05) is 17.2 Å². The summed E-state index contributed by atoms with van der Waals surface area (Å²) in [5.74, 6) is -0.592. The van der Waals surface area contributed by atoms with Gasteiger partial charge in [-0.3, -0.25) is 9.59 Å². The number of aromatic amines is 1. The van der Waals surface area contributed by atoms with Crippen molar-refractivity contribution in [3.8, 4) is 11.1 Å². The van der Waals surface area contributed by atoms with Gasteiger partial charge >= 0.3 is 12.1 Å². The summed E-state index contributed by atoms with van der Waals surface area (Å²) in [6, 6.07) is 11.4. The first-order valence-electron chi connectivity index (χ1n) is 12.2. The van der Waals surface area contributed by atoms with Crippen LogP contribution in [-0.2, 0) is 16.1 Å². The molecule has 1 aliphatic rings. The predicted octanol–water partition coefficient (Wildman–Crippen LogP) is 3.83. The van der Waals surface area contributed by atoms with E-state index < -0.39 is 17.7 Å². The molecule has 0 unspecified atom stereocenters. The maximum atomic E-state index is 12.9. The Morgan fingerprint density at radius 1 is 1.08 bits per heavy atom. The predicted molar refractivity (Wildman–Crippen MR) is 149 cm³/mol. The number of ketones is 1. The molecule has 0 aliphatic carbocycles. The number of Topliss-reactive ketones (excluding diaryl/α,β-unsaturated/α-hetero) is 1. The molecule has 0 radical (unpaired) electrons. The molecule has 202 valence electrons. The Morgan fingerprint density at radius 2 is 1.85 bits per heavy atom. The number of rotatable bonds is 7. The van der Waals surface area contributed by atoms with E-state index >= 15 is 0 Å². The van der Waals surface area contributed by atoms with E-state index in [0.29, 0.717) is 39.3 Å². The average molecular weight is 531 g/mol. The lowest BCUT2D eigenvalue weighted by Crippen LogP contribution is -2.35. The first-order chi connectivity index (χ1) is 18.4. The molecule has 0 atom stereocenters. The number of fused-ring (bicyclic) bond motifs is 1. The highest BCUT2D eigenvalue weighted by Gasteiger charge is 2.25. The number of urea groups is 1. The fourth-order valence-electron chi connectivity index (χ4n) is 4.26. The second-order valence-corrected chi connectivity index (χ2v) is 9.92. The lowest BCUT2D eigenvalue weighted by atomic mass is 9.94. The minimum atomic E-state index is -0.705. The summed E-state index contributed by atoms with van der Waals surface area (Å²) in [5, 5.41) is 7.79. The molecule has 4 amide bonds. The molecular weight excluding hydrogens is 500 g/mol. The number of amides is 4. The summed E-state index contributed by atoms with van der Waals surface area (Å²) in [4.78, 5) is 51.9. The molecule has 3 aromatic rings. The lowest BCUT2D eigenvalue weighted by molar-refractivity contribution is -0.110. The molecule has 11 heteroatoms. The molecule has 2 aromatic carbocycles. The van der Waals surface area contributed by atoms with Crippen molar-refractivity contribution < 1.29 is 23.9 Å². The van der Waals surface area contributed by atoms with Gasteiger partial charge < -0.3 is 37.1 Å². The topological polar surface area (TPSA) is 181 Å². The van der Waals surface area contributed by atoms with Crippen molar-refractivity contribution in [2.45, 2.75) is 32.9 Å². The van der Waals surface area contributed by atoms with E-state index in [2.05, 4.69) is 20.9 Å². The van der Waals surface area contributed by atoms with Crippen LogP contribution in [0.4, 0.5) is 21.0 Å². The van der Waals surface area contributed by atoms with Gasteiger partial charge in [0.05, 0.1) is 12.1 Å². The van der Waals surface area contributed by atoms with Gasteiger partial charge in [-0.05, 0) is 62.2 Å². The maximum Gasteiger partial charge on any atom is 0.408 e. The number of carbonyl (C=O) groups excluding carboxylic acids is 4. The van der Waals surface area contributed by atoms with Crippen LogP contribution in [0.25, 0.3) is 22.8 Å². The van der Waals surface area contributed by atoms with Gasteiger partial charge in [-0.1, -0.05) is 18.2 Å². The minimum absolute atomic E-state index is 0.0940. The van der Waals surface area contributed by atoms with Gasteiger partial charge in [-0.15, -0.1) is 0 Å². The zero-order chi connectivity index (χ0) is 28.3. The fraction of sp³-hybridized carbons (Fsp3) is 0.214. The Hall–Kier alpha value is -4.90. The largest absolute Gasteiger partial charge is 0.444 e. The maximum absolute atomic E-state index is 12.9. The number of aromatic nitrogens is 1. The third-order valence-corrected chi connectivity index (χ3v) is 5.86. The second kappa shape index (κ2) is 10.8. The van der Waals surface area contributed by atoms with E-state index in [0.717, 1.165) is 11.1 Å². The van der Waals surface area contributed by atoms with Crippen molar-refractivity contribution in [3.05, 3.63) is 71.0 Å². The van der Waals surface area contributed by atoms with Gasteiger partial charge in [0.25, 0.3) is 5.91 Å². The summed E-state index contributed by atoms with van der Waals surface area (Å²) >= 11 is 0. The Bertz CT molecular complexity index is 1500. The van der Waals surface area contributed by atoms with Crippen molar-refractivity contribution in [1.29, 1.82) is 0 Å². The van der Waals surface area contributed by atoms with Crippen molar-refractivity contribution in [3.63, 3.8) is 0 Å². The van der Waals surface area contributed by atoms with Crippen LogP contribution in [0.1, 0.15) is 48.0 Å². The number of nitrogens with two attached hydrogens (primary N) is 2. The zero-order valence-electron chi connectivity index (χ0n) is 21.8. The first-order valence-corrected chi connectivity index (χ1v) is 12.2. The fourth-order valence-corrected chi connectivity index (χ4v) is 4.26. The SMILES string of the molecule is CC(C)(C)OC(=O)NCC(=O)c1cccc(-c2c[nH]c(C=C3C(=O)Nc4ccc(NC(N)=O)cc43)c2)c1CN. The number of primary amides is 1. The van der Waals surface area contributed by atoms with Crippen LogP contribution in [-0.4, -0.2) is 40.9 Å². The van der Waals surface area contributed by atoms with Gasteiger partial charge in [0, 0.05) is 46.5 Å². The third kappa shape index (κ3) is 6.33. The summed E-state index contributed by atoms with van der Waals surface area (Å²) in [5.41, 5.74) is 15.8. The Balaban J connectivity index is 1.59. The quantitative estimate of drug-likeness (QED) is 0.199. The highest BCUT2D eigenvalue weighted by molar-refractivity contribution is 6.35. The monoisotopic (exact) mass is 530 g/mol. The van der Waals surface area contributed by atoms with Crippen molar-refractivity contribution in [2.24, 2.45) is 11.5 Å². The number of nitrogens with one attached hydrogen (secondary N) is 4. The third-order valence-electron chi connectivity index (χ3n) is 5.86. The second-order valence-electron chi connectivity index (χ2n) is 9.92. The molecule has 0 saturated carbocycles. The molecule has 1 aromatic heterocycles. The first kappa shape index (κ1) is 27.1. The lowest BCUT2D eigenvalue weighted by Gasteiger charge is -2.19. The molecule has 8 N–H and O–H groups in total. The number of H-pyrrole nitrogens is 1. The van der Waals surface area contributed by atoms with E-state index in [9.17, 15) is 19.2 Å². The standard InChI is InChI=1S/C28H30N6O5/c1-28(2,3)39-27(38)32-14-24(35)19-6-4-5-18(22(19)12-29)15-9-17(31-13-15)11-21-20-10-16(33-26(30)37)7-8-23(20)34-25(21)36/h4-11,13,31H,12,14,29H2,1-3H3,(H,32,38)(H,34,36)(H3,30,33,37). The summed E-state index contributed by atoms with van der Waals surface area (Å²) in [6.45, 7) is 5.07. The van der Waals surface area contributed by atoms with Gasteiger partial charge in [0.2, 0.25) is 0 Å². The van der Waals surface area contributed by atoms with Crippen LogP contribution in [0, 0.1) is 0 Å². The minimum Gasteiger partial charge on any atom is -0.444 e. The molecule has 0 fully saturated rings. The number of carbonyl (C=O) groups is 4. The van der Waals surface area contributed by atoms with Crippen LogP contribution in [0.2, 0.25) is 0 Å². The highest BCUT2D eigenvalue weighted by atomic mass is 16.6. The number of ether oxygens (including phenoxy) is 1. The van der Waals surface area contributed by atoms with E-state index in [-0.39, 0.29) is 24.8 Å². The van der Waals surface area contributed by atoms with Crippen molar-refractivity contribution in [1.82, 2.24) is 10.3 Å². The Morgan fingerprint density at radius 3 is 2.54 bits per heavy atom. The molecule has 0 saturated heterocycles. The summed E-state index contributed by atoms with van der Waals surface area (Å²) in [6.07, 6.45) is 2.77. The molecule has 1 aliphatic heterocycles. The van der Waals surface area contributed by atoms with Crippen LogP contribution in [0.15, 0.2) is 48.7 Å². The molecule has 2 heterocycles. The van der Waals surface area contributed by atoms with Crippen LogP contribution >= 0.6 is 0 Å². The number of hydrogen-bond donors (Lipinski definition) is 6. The molecule has 39 heavy (non-hydrogen) atoms. The van der Waals surface area contributed by atoms with Crippen molar-refractivity contribution >= 4 is 46.8 Å². The van der Waals surface area contributed by atoms with Gasteiger partial charge in [-0.2, -0.15) is 0 Å². The van der Waals surface area contributed by atoms with Gasteiger partial charge in [-0.25, -0.2) is 9.59 Å². The molecule has 4 rings (SSSR count). The molecular formula is C28H30N6O5. The van der Waals surface area contributed by atoms with Crippen LogP contribution in [0.3, 0.4) is 0 Å². The summed E-state index contributed by atoms with van der Waals surface area (Å²) < 4.78 is 5.19. The summed E-state index contributed by atoms with van der Waals surface area (Å²) in [7, 11) is 0. The zero-order valence-corrected chi connectivity index (χ0v) is 21.8. The molecule has 11 nitrogen and oxygen atoms in total. The van der Waals surface area contributed by atoms with E-state index in [1.807, 2.05) is 12.1 Å². The normalized spacial score (nSPS) is 13.5. The number of hydrogen-bond acceptors (Lipinski definition) is 6. The highest BCUT2D eigenvalue weighted by Crippen LogP contribution is 2.36. The molecule has 0 bridgehead atoms. The van der Waals surface area contributed by atoms with Crippen LogP contribution < -0.4 is 27.4 Å².